The highest BCUT2D eigenvalue weighted by molar-refractivity contribution is 5.67. The second kappa shape index (κ2) is 7.80. The summed E-state index contributed by atoms with van der Waals surface area (Å²) in [6.45, 7) is 4.98. The van der Waals surface area contributed by atoms with E-state index in [1.165, 1.54) is 5.56 Å². The third kappa shape index (κ3) is 4.27. The van der Waals surface area contributed by atoms with E-state index >= 15 is 0 Å². The molecule has 2 aliphatic heterocycles. The summed E-state index contributed by atoms with van der Waals surface area (Å²) in [4.78, 5) is 10.6. The molecule has 5 nitrogen and oxygen atoms in total. The van der Waals surface area contributed by atoms with Crippen molar-refractivity contribution in [1.29, 1.82) is 0 Å². The fraction of sp³-hybridized carbons (Fsp3) is 0.571. The molecule has 142 valence electrons. The molecule has 1 aliphatic carbocycles. The van der Waals surface area contributed by atoms with Crippen LogP contribution < -0.4 is 4.74 Å². The largest absolute Gasteiger partial charge is 0.480 e. The lowest BCUT2D eigenvalue weighted by Crippen LogP contribution is -2.49. The van der Waals surface area contributed by atoms with E-state index in [1.807, 2.05) is 26.0 Å². The Kier molecular flexibility index (Phi) is 5.68. The molecule has 0 atom stereocenters. The summed E-state index contributed by atoms with van der Waals surface area (Å²) in [5, 5.41) is 8.67. The van der Waals surface area contributed by atoms with Crippen molar-refractivity contribution in [1.82, 2.24) is 0 Å². The number of ether oxygens (including phenoxy) is 3. The topological polar surface area (TPSA) is 65.0 Å². The number of hydrogen-bond acceptors (Lipinski definition) is 4. The highest BCUT2D eigenvalue weighted by Gasteiger charge is 2.50. The molecular formula is C21H28O5. The van der Waals surface area contributed by atoms with Gasteiger partial charge >= 0.3 is 5.97 Å². The molecule has 26 heavy (non-hydrogen) atoms. The van der Waals surface area contributed by atoms with Crippen molar-refractivity contribution in [2.75, 3.05) is 19.8 Å². The molecule has 5 heteroatoms. The van der Waals surface area contributed by atoms with Crippen molar-refractivity contribution in [3.63, 3.8) is 0 Å². The summed E-state index contributed by atoms with van der Waals surface area (Å²) in [5.74, 6) is -0.0774. The standard InChI is InChI=1S/C21H28O5/c1-16(2)13-25-18-5-3-4-17(12-18)21-8-6-20(7-9-21,15-26-21)10-11-24-14-19(22)23/h3-5,12-13H,6-11,14-15H2,1-2H3,(H,22,23). The molecule has 3 fully saturated rings. The van der Waals surface area contributed by atoms with Gasteiger partial charge in [0.1, 0.15) is 12.4 Å². The first kappa shape index (κ1) is 18.9. The van der Waals surface area contributed by atoms with E-state index in [0.717, 1.165) is 43.4 Å². The van der Waals surface area contributed by atoms with E-state index in [1.54, 1.807) is 6.26 Å². The number of aliphatic carboxylic acids is 1. The summed E-state index contributed by atoms with van der Waals surface area (Å²) >= 11 is 0. The molecule has 0 aromatic heterocycles. The number of rotatable bonds is 8. The lowest BCUT2D eigenvalue weighted by Gasteiger charge is -2.53. The number of fused-ring (bicyclic) bond motifs is 3. The van der Waals surface area contributed by atoms with Crippen LogP contribution in [0.15, 0.2) is 36.1 Å². The zero-order valence-corrected chi connectivity index (χ0v) is 15.6. The minimum Gasteiger partial charge on any atom is -0.480 e. The SMILES string of the molecule is CC(C)=COc1cccc(C23CCC(CCOCC(=O)O)(CC2)CO3)c1. The van der Waals surface area contributed by atoms with Gasteiger partial charge in [-0.3, -0.25) is 0 Å². The Morgan fingerprint density at radius 3 is 2.65 bits per heavy atom. The third-order valence-corrected chi connectivity index (χ3v) is 5.57. The van der Waals surface area contributed by atoms with E-state index in [0.29, 0.717) is 13.2 Å². The van der Waals surface area contributed by atoms with Crippen LogP contribution in [0.5, 0.6) is 5.75 Å². The Morgan fingerprint density at radius 2 is 2.04 bits per heavy atom. The zero-order valence-electron chi connectivity index (χ0n) is 15.6. The van der Waals surface area contributed by atoms with Crippen molar-refractivity contribution in [3.05, 3.63) is 41.7 Å². The molecule has 1 N–H and O–H groups in total. The molecule has 4 rings (SSSR count). The maximum Gasteiger partial charge on any atom is 0.329 e. The predicted octanol–water partition coefficient (Wildman–Crippen LogP) is 4.27. The van der Waals surface area contributed by atoms with Gasteiger partial charge in [-0.15, -0.1) is 0 Å². The first-order valence-electron chi connectivity index (χ1n) is 9.27. The quantitative estimate of drug-likeness (QED) is 0.554. The van der Waals surface area contributed by atoms with Crippen LogP contribution in [-0.4, -0.2) is 30.9 Å². The van der Waals surface area contributed by atoms with Crippen LogP contribution in [0.1, 0.15) is 51.5 Å². The molecule has 0 unspecified atom stereocenters. The van der Waals surface area contributed by atoms with Crippen LogP contribution in [0.3, 0.4) is 0 Å². The van der Waals surface area contributed by atoms with Crippen molar-refractivity contribution in [2.24, 2.45) is 5.41 Å². The van der Waals surface area contributed by atoms with Crippen molar-refractivity contribution < 1.29 is 24.1 Å². The van der Waals surface area contributed by atoms with Gasteiger partial charge in [0.25, 0.3) is 0 Å². The van der Waals surface area contributed by atoms with E-state index in [-0.39, 0.29) is 17.6 Å². The smallest absolute Gasteiger partial charge is 0.329 e. The van der Waals surface area contributed by atoms with Gasteiger partial charge in [0.15, 0.2) is 0 Å². The molecule has 2 saturated heterocycles. The summed E-state index contributed by atoms with van der Waals surface area (Å²) < 4.78 is 17.3. The Labute approximate surface area is 155 Å². The Morgan fingerprint density at radius 1 is 1.27 bits per heavy atom. The number of allylic oxidation sites excluding steroid dienone is 1. The van der Waals surface area contributed by atoms with Gasteiger partial charge in [0, 0.05) is 6.61 Å². The van der Waals surface area contributed by atoms with E-state index in [9.17, 15) is 4.79 Å². The monoisotopic (exact) mass is 360 g/mol. The maximum atomic E-state index is 10.6. The van der Waals surface area contributed by atoms with Crippen molar-refractivity contribution in [2.45, 2.75) is 51.6 Å². The Hall–Kier alpha value is -1.85. The molecule has 3 aliphatic rings. The fourth-order valence-corrected chi connectivity index (χ4v) is 3.95. The summed E-state index contributed by atoms with van der Waals surface area (Å²) in [6.07, 6.45) is 6.77. The van der Waals surface area contributed by atoms with Gasteiger partial charge in [-0.1, -0.05) is 12.1 Å². The molecular weight excluding hydrogens is 332 g/mol. The lowest BCUT2D eigenvalue weighted by atomic mass is 9.63. The van der Waals surface area contributed by atoms with Crippen LogP contribution >= 0.6 is 0 Å². The van der Waals surface area contributed by atoms with Gasteiger partial charge in [0.2, 0.25) is 0 Å². The highest BCUT2D eigenvalue weighted by Crippen LogP contribution is 2.55. The molecule has 2 bridgehead atoms. The summed E-state index contributed by atoms with van der Waals surface area (Å²) in [5.41, 5.74) is 2.23. The number of hydrogen-bond donors (Lipinski definition) is 1. The van der Waals surface area contributed by atoms with Crippen LogP contribution in [-0.2, 0) is 19.9 Å². The molecule has 1 aromatic rings. The Balaban J connectivity index is 1.62. The van der Waals surface area contributed by atoms with Crippen LogP contribution in [0.25, 0.3) is 0 Å². The Bertz CT molecular complexity index is 650. The summed E-state index contributed by atoms with van der Waals surface area (Å²) in [7, 11) is 0. The number of carbonyl (C=O) groups is 1. The zero-order chi connectivity index (χ0) is 18.6. The average molecular weight is 360 g/mol. The van der Waals surface area contributed by atoms with Crippen LogP contribution in [0.2, 0.25) is 0 Å². The van der Waals surface area contributed by atoms with Crippen molar-refractivity contribution in [3.8, 4) is 5.75 Å². The fourth-order valence-electron chi connectivity index (χ4n) is 3.95. The van der Waals surface area contributed by atoms with Gasteiger partial charge < -0.3 is 19.3 Å². The molecule has 1 aromatic carbocycles. The highest BCUT2D eigenvalue weighted by atomic mass is 16.5. The van der Waals surface area contributed by atoms with E-state index in [4.69, 9.17) is 19.3 Å². The minimum absolute atomic E-state index is 0.135. The first-order chi connectivity index (χ1) is 12.4. The van der Waals surface area contributed by atoms with Crippen LogP contribution in [0, 0.1) is 5.41 Å². The second-order valence-corrected chi connectivity index (χ2v) is 7.82. The summed E-state index contributed by atoms with van der Waals surface area (Å²) in [6, 6.07) is 8.21. The minimum atomic E-state index is -0.916. The second-order valence-electron chi connectivity index (χ2n) is 7.82. The normalized spacial score (nSPS) is 27.2. The predicted molar refractivity (Wildman–Crippen MR) is 98.1 cm³/mol. The molecule has 0 radical (unpaired) electrons. The maximum absolute atomic E-state index is 10.6. The van der Waals surface area contributed by atoms with Gasteiger partial charge in [-0.2, -0.15) is 0 Å². The van der Waals surface area contributed by atoms with Gasteiger partial charge in [-0.25, -0.2) is 4.79 Å². The van der Waals surface area contributed by atoms with Gasteiger partial charge in [-0.05, 0) is 74.6 Å². The average Bonchev–Trinajstić information content (AvgIpc) is 2.65. The first-order valence-corrected chi connectivity index (χ1v) is 9.27. The van der Waals surface area contributed by atoms with Gasteiger partial charge in [0.05, 0.1) is 18.5 Å². The van der Waals surface area contributed by atoms with Crippen LogP contribution in [0.4, 0.5) is 0 Å². The molecule has 0 amide bonds. The molecule has 2 heterocycles. The third-order valence-electron chi connectivity index (χ3n) is 5.57. The number of carboxylic acid groups (broad SMARTS) is 1. The lowest BCUT2D eigenvalue weighted by molar-refractivity contribution is -0.194. The molecule has 0 spiro atoms. The molecule has 1 saturated carbocycles. The van der Waals surface area contributed by atoms with E-state index in [2.05, 4.69) is 12.1 Å². The number of carboxylic acids is 1. The number of benzene rings is 1. The van der Waals surface area contributed by atoms with Crippen molar-refractivity contribution >= 4 is 5.97 Å². The van der Waals surface area contributed by atoms with E-state index < -0.39 is 5.97 Å².